The summed E-state index contributed by atoms with van der Waals surface area (Å²) in [6.07, 6.45) is 0. The molecule has 0 amide bonds. The second kappa shape index (κ2) is 5.27. The van der Waals surface area contributed by atoms with Crippen LogP contribution in [0, 0.1) is 5.41 Å². The van der Waals surface area contributed by atoms with Crippen LogP contribution in [0.3, 0.4) is 0 Å². The predicted octanol–water partition coefficient (Wildman–Crippen LogP) is 5.01. The highest BCUT2D eigenvalue weighted by Gasteiger charge is 2.17. The Hall–Kier alpha value is -1.84. The Bertz CT molecular complexity index is 778. The maximum Gasteiger partial charge on any atom is 0.0805 e. The van der Waals surface area contributed by atoms with E-state index in [-0.39, 0.29) is 0 Å². The van der Waals surface area contributed by atoms with E-state index in [0.29, 0.717) is 5.71 Å². The van der Waals surface area contributed by atoms with Gasteiger partial charge >= 0.3 is 0 Å². The van der Waals surface area contributed by atoms with Gasteiger partial charge in [-0.1, -0.05) is 54.1 Å². The van der Waals surface area contributed by atoms with Crippen LogP contribution < -0.4 is 5.32 Å². The van der Waals surface area contributed by atoms with E-state index in [4.69, 9.17) is 17.0 Å². The molecule has 1 heterocycles. The lowest BCUT2D eigenvalue weighted by atomic mass is 10.1. The summed E-state index contributed by atoms with van der Waals surface area (Å²) in [5, 5.41) is 13.5. The molecule has 0 fully saturated rings. The number of anilines is 1. The first-order chi connectivity index (χ1) is 9.72. The highest BCUT2D eigenvalue weighted by Crippen LogP contribution is 2.40. The van der Waals surface area contributed by atoms with Crippen molar-refractivity contribution in [3.63, 3.8) is 0 Å². The molecule has 0 aliphatic heterocycles. The first-order valence-electron chi connectivity index (χ1n) is 6.25. The average Bonchev–Trinajstić information content (AvgIpc) is 2.87. The molecule has 0 unspecified atom stereocenters. The first kappa shape index (κ1) is 13.2. The molecule has 2 N–H and O–H groups in total. The third-order valence-electron chi connectivity index (χ3n) is 3.21. The van der Waals surface area contributed by atoms with E-state index < -0.39 is 0 Å². The van der Waals surface area contributed by atoms with Gasteiger partial charge in [-0.3, -0.25) is 5.41 Å². The van der Waals surface area contributed by atoms with Gasteiger partial charge in [0.15, 0.2) is 0 Å². The quantitative estimate of drug-likeness (QED) is 0.655. The molecule has 0 atom stereocenters. The zero-order valence-corrected chi connectivity index (χ0v) is 12.5. The van der Waals surface area contributed by atoms with Crippen LogP contribution in [0.2, 0.25) is 5.02 Å². The maximum absolute atomic E-state index is 8.45. The van der Waals surface area contributed by atoms with E-state index >= 15 is 0 Å². The van der Waals surface area contributed by atoms with Crippen LogP contribution >= 0.6 is 22.9 Å². The van der Waals surface area contributed by atoms with Gasteiger partial charge in [0.05, 0.1) is 26.0 Å². The molecule has 0 aliphatic rings. The van der Waals surface area contributed by atoms with Gasteiger partial charge < -0.3 is 5.32 Å². The van der Waals surface area contributed by atoms with Crippen LogP contribution in [0.5, 0.6) is 0 Å². The van der Waals surface area contributed by atoms with Crippen LogP contribution in [-0.4, -0.2) is 12.8 Å². The number of hydrogen-bond donors (Lipinski definition) is 2. The molecule has 100 valence electrons. The molecule has 0 bridgehead atoms. The van der Waals surface area contributed by atoms with Crippen LogP contribution in [0.25, 0.3) is 10.1 Å². The molecule has 1 aromatic heterocycles. The topological polar surface area (TPSA) is 35.9 Å². The van der Waals surface area contributed by atoms with Gasteiger partial charge in [-0.05, 0) is 6.07 Å². The van der Waals surface area contributed by atoms with Crippen molar-refractivity contribution < 1.29 is 0 Å². The van der Waals surface area contributed by atoms with Crippen molar-refractivity contribution in [1.29, 1.82) is 5.41 Å². The van der Waals surface area contributed by atoms with Crippen LogP contribution in [0.1, 0.15) is 10.4 Å². The van der Waals surface area contributed by atoms with Crippen molar-refractivity contribution in [2.24, 2.45) is 0 Å². The summed E-state index contributed by atoms with van der Waals surface area (Å²) in [6.45, 7) is 0. The largest absolute Gasteiger partial charge is 0.386 e. The Kier molecular flexibility index (Phi) is 3.47. The fourth-order valence-electron chi connectivity index (χ4n) is 2.24. The van der Waals surface area contributed by atoms with Gasteiger partial charge in [-0.2, -0.15) is 0 Å². The lowest BCUT2D eigenvalue weighted by molar-refractivity contribution is 1.47. The summed E-state index contributed by atoms with van der Waals surface area (Å²) < 4.78 is 1.02. The molecule has 0 saturated carbocycles. The van der Waals surface area contributed by atoms with Crippen molar-refractivity contribution in [2.45, 2.75) is 0 Å². The van der Waals surface area contributed by atoms with Gasteiger partial charge in [0.1, 0.15) is 0 Å². The zero-order chi connectivity index (χ0) is 14.1. The van der Waals surface area contributed by atoms with Gasteiger partial charge in [-0.15, -0.1) is 11.3 Å². The van der Waals surface area contributed by atoms with Crippen molar-refractivity contribution in [3.8, 4) is 0 Å². The van der Waals surface area contributed by atoms with Crippen LogP contribution in [-0.2, 0) is 0 Å². The standard InChI is InChI=1S/C16H13ClN2S/c1-19-14-11-8-5-9-12(17)15(11)20-16(14)13(18)10-6-3-2-4-7-10/h2-9,18-19H,1H3. The van der Waals surface area contributed by atoms with E-state index in [1.165, 1.54) is 0 Å². The second-order valence-electron chi connectivity index (χ2n) is 4.41. The molecule has 2 nitrogen and oxygen atoms in total. The van der Waals surface area contributed by atoms with Gasteiger partial charge in [0.25, 0.3) is 0 Å². The monoisotopic (exact) mass is 300 g/mol. The number of thiophene rings is 1. The average molecular weight is 301 g/mol. The minimum atomic E-state index is 0.521. The summed E-state index contributed by atoms with van der Waals surface area (Å²) in [5.41, 5.74) is 2.40. The number of halogens is 1. The smallest absolute Gasteiger partial charge is 0.0805 e. The molecule has 2 aromatic carbocycles. The fraction of sp³-hybridized carbons (Fsp3) is 0.0625. The van der Waals surface area contributed by atoms with Crippen molar-refractivity contribution in [3.05, 3.63) is 64.0 Å². The number of fused-ring (bicyclic) bond motifs is 1. The SMILES string of the molecule is CNc1c(C(=N)c2ccccc2)sc2c(Cl)cccc12. The van der Waals surface area contributed by atoms with E-state index in [2.05, 4.69) is 5.32 Å². The van der Waals surface area contributed by atoms with E-state index in [1.807, 2.05) is 55.6 Å². The Balaban J connectivity index is 2.21. The lowest BCUT2D eigenvalue weighted by Crippen LogP contribution is -2.02. The summed E-state index contributed by atoms with van der Waals surface area (Å²) >= 11 is 7.82. The maximum atomic E-state index is 8.45. The molecule has 0 radical (unpaired) electrons. The van der Waals surface area contributed by atoms with E-state index in [0.717, 1.165) is 31.2 Å². The third kappa shape index (κ3) is 2.09. The number of benzene rings is 2. The minimum absolute atomic E-state index is 0.521. The van der Waals surface area contributed by atoms with Crippen LogP contribution in [0.15, 0.2) is 48.5 Å². The highest BCUT2D eigenvalue weighted by molar-refractivity contribution is 7.22. The number of nitrogens with one attached hydrogen (secondary N) is 2. The van der Waals surface area contributed by atoms with E-state index in [1.54, 1.807) is 11.3 Å². The van der Waals surface area contributed by atoms with Gasteiger partial charge in [0, 0.05) is 18.0 Å². The molecule has 0 saturated heterocycles. The number of hydrogen-bond acceptors (Lipinski definition) is 3. The number of rotatable bonds is 3. The molecule has 3 rings (SSSR count). The summed E-state index contributed by atoms with van der Waals surface area (Å²) in [7, 11) is 1.88. The van der Waals surface area contributed by atoms with Crippen LogP contribution in [0.4, 0.5) is 5.69 Å². The Morgan fingerprint density at radius 3 is 2.55 bits per heavy atom. The molecule has 20 heavy (non-hydrogen) atoms. The Morgan fingerprint density at radius 2 is 1.85 bits per heavy atom. The molecule has 3 aromatic rings. The zero-order valence-electron chi connectivity index (χ0n) is 10.9. The van der Waals surface area contributed by atoms with Crippen molar-refractivity contribution in [2.75, 3.05) is 12.4 Å². The van der Waals surface area contributed by atoms with Crippen molar-refractivity contribution >= 4 is 44.4 Å². The molecule has 4 heteroatoms. The minimum Gasteiger partial charge on any atom is -0.386 e. The Morgan fingerprint density at radius 1 is 1.10 bits per heavy atom. The first-order valence-corrected chi connectivity index (χ1v) is 7.45. The fourth-order valence-corrected chi connectivity index (χ4v) is 3.72. The third-order valence-corrected chi connectivity index (χ3v) is 4.89. The highest BCUT2D eigenvalue weighted by atomic mass is 35.5. The van der Waals surface area contributed by atoms with Gasteiger partial charge in [-0.25, -0.2) is 0 Å². The lowest BCUT2D eigenvalue weighted by Gasteiger charge is -2.05. The summed E-state index contributed by atoms with van der Waals surface area (Å²) in [5.74, 6) is 0. The second-order valence-corrected chi connectivity index (χ2v) is 5.84. The molecule has 0 aliphatic carbocycles. The summed E-state index contributed by atoms with van der Waals surface area (Å²) in [6, 6.07) is 15.6. The molecular weight excluding hydrogens is 288 g/mol. The molecular formula is C16H13ClN2S. The van der Waals surface area contributed by atoms with Crippen molar-refractivity contribution in [1.82, 2.24) is 0 Å². The summed E-state index contributed by atoms with van der Waals surface area (Å²) in [4.78, 5) is 0.918. The van der Waals surface area contributed by atoms with Gasteiger partial charge in [0.2, 0.25) is 0 Å². The Labute approximate surface area is 126 Å². The molecule has 0 spiro atoms. The normalized spacial score (nSPS) is 10.7. The van der Waals surface area contributed by atoms with E-state index in [9.17, 15) is 0 Å². The predicted molar refractivity (Wildman–Crippen MR) is 88.8 cm³/mol.